The van der Waals surface area contributed by atoms with Crippen LogP contribution in [-0.2, 0) is 4.79 Å². The van der Waals surface area contributed by atoms with Crippen LogP contribution in [0.1, 0.15) is 5.56 Å². The van der Waals surface area contributed by atoms with Gasteiger partial charge in [0.25, 0.3) is 0 Å². The lowest BCUT2D eigenvalue weighted by atomic mass is 10.2. The maximum absolute atomic E-state index is 12.9. The molecule has 0 atom stereocenters. The third-order valence-corrected chi connectivity index (χ3v) is 2.08. The van der Waals surface area contributed by atoms with Crippen LogP contribution in [-0.4, -0.2) is 16.2 Å². The lowest BCUT2D eigenvalue weighted by Crippen LogP contribution is -1.87. The molecule has 0 saturated carbocycles. The van der Waals surface area contributed by atoms with Crippen molar-refractivity contribution in [3.63, 3.8) is 0 Å². The number of phenolic OH excluding ortho intramolecular Hbond substituents is 1. The summed E-state index contributed by atoms with van der Waals surface area (Å²) in [7, 11) is 0. The summed E-state index contributed by atoms with van der Waals surface area (Å²) in [5.41, 5.74) is 0.119. The number of halogens is 2. The molecule has 0 aliphatic carbocycles. The third-order valence-electron chi connectivity index (χ3n) is 1.48. The molecule has 3 nitrogen and oxygen atoms in total. The van der Waals surface area contributed by atoms with E-state index in [2.05, 4.69) is 15.9 Å². The number of benzene rings is 1. The Hall–Kier alpha value is -1.36. The number of phenols is 1. The Labute approximate surface area is 87.6 Å². The fraction of sp³-hybridized carbons (Fsp3) is 0. The molecule has 0 radical (unpaired) electrons. The van der Waals surface area contributed by atoms with Gasteiger partial charge in [-0.2, -0.15) is 0 Å². The van der Waals surface area contributed by atoms with Gasteiger partial charge >= 0.3 is 5.97 Å². The maximum Gasteiger partial charge on any atom is 0.328 e. The van der Waals surface area contributed by atoms with Crippen LogP contribution in [0.2, 0.25) is 0 Å². The maximum atomic E-state index is 12.9. The van der Waals surface area contributed by atoms with Gasteiger partial charge in [0.15, 0.2) is 0 Å². The molecule has 0 fully saturated rings. The molecule has 0 unspecified atom stereocenters. The van der Waals surface area contributed by atoms with Crippen molar-refractivity contribution in [1.29, 1.82) is 0 Å². The zero-order valence-corrected chi connectivity index (χ0v) is 8.45. The lowest BCUT2D eigenvalue weighted by molar-refractivity contribution is -0.131. The Kier molecular flexibility index (Phi) is 3.24. The van der Waals surface area contributed by atoms with Crippen LogP contribution < -0.4 is 0 Å². The Balaban J connectivity index is 3.10. The van der Waals surface area contributed by atoms with Crippen molar-refractivity contribution >= 4 is 28.0 Å². The SMILES string of the molecule is O=C(O)/C=C/c1cc(F)c(Br)cc1O. The Morgan fingerprint density at radius 1 is 1.50 bits per heavy atom. The van der Waals surface area contributed by atoms with E-state index in [9.17, 15) is 14.3 Å². The highest BCUT2D eigenvalue weighted by Crippen LogP contribution is 2.26. The first-order valence-electron chi connectivity index (χ1n) is 3.59. The number of carbonyl (C=O) groups is 1. The summed E-state index contributed by atoms with van der Waals surface area (Å²) in [6.45, 7) is 0. The number of hydrogen-bond acceptors (Lipinski definition) is 2. The molecule has 0 bridgehead atoms. The van der Waals surface area contributed by atoms with Crippen LogP contribution in [0.25, 0.3) is 6.08 Å². The summed E-state index contributed by atoms with van der Waals surface area (Å²) in [5, 5.41) is 17.6. The van der Waals surface area contributed by atoms with Gasteiger partial charge in [0.05, 0.1) is 4.47 Å². The molecule has 1 aromatic carbocycles. The predicted octanol–water partition coefficient (Wildman–Crippen LogP) is 2.39. The van der Waals surface area contributed by atoms with E-state index in [1.165, 1.54) is 0 Å². The van der Waals surface area contributed by atoms with Crippen LogP contribution in [0, 0.1) is 5.82 Å². The summed E-state index contributed by atoms with van der Waals surface area (Å²) in [6.07, 6.45) is 1.94. The van der Waals surface area contributed by atoms with Gasteiger partial charge < -0.3 is 10.2 Å². The molecule has 0 aromatic heterocycles. The summed E-state index contributed by atoms with van der Waals surface area (Å²) in [5.74, 6) is -1.91. The monoisotopic (exact) mass is 260 g/mol. The highest BCUT2D eigenvalue weighted by molar-refractivity contribution is 9.10. The number of rotatable bonds is 2. The van der Waals surface area contributed by atoms with Crippen molar-refractivity contribution in [2.75, 3.05) is 0 Å². The third kappa shape index (κ3) is 2.56. The van der Waals surface area contributed by atoms with Crippen molar-refractivity contribution < 1.29 is 19.4 Å². The van der Waals surface area contributed by atoms with Crippen LogP contribution in [0.5, 0.6) is 5.75 Å². The summed E-state index contributed by atoms with van der Waals surface area (Å²) in [4.78, 5) is 10.2. The molecule has 2 N–H and O–H groups in total. The summed E-state index contributed by atoms with van der Waals surface area (Å²) >= 11 is 2.88. The second kappa shape index (κ2) is 4.23. The smallest absolute Gasteiger partial charge is 0.328 e. The van der Waals surface area contributed by atoms with Crippen molar-refractivity contribution in [1.82, 2.24) is 0 Å². The largest absolute Gasteiger partial charge is 0.507 e. The van der Waals surface area contributed by atoms with E-state index in [-0.39, 0.29) is 15.8 Å². The zero-order chi connectivity index (χ0) is 10.7. The van der Waals surface area contributed by atoms with Gasteiger partial charge in [0, 0.05) is 11.6 Å². The van der Waals surface area contributed by atoms with Gasteiger partial charge in [0.2, 0.25) is 0 Å². The molecule has 0 aliphatic rings. The molecular weight excluding hydrogens is 255 g/mol. The van der Waals surface area contributed by atoms with E-state index in [4.69, 9.17) is 5.11 Å². The minimum atomic E-state index is -1.16. The molecule has 1 rings (SSSR count). The number of carboxylic acids is 1. The molecule has 0 spiro atoms. The van der Waals surface area contributed by atoms with Crippen LogP contribution in [0.3, 0.4) is 0 Å². The summed E-state index contributed by atoms with van der Waals surface area (Å²) in [6, 6.07) is 2.20. The van der Waals surface area contributed by atoms with E-state index >= 15 is 0 Å². The first-order chi connectivity index (χ1) is 6.50. The second-order valence-corrected chi connectivity index (χ2v) is 3.35. The van der Waals surface area contributed by atoms with Crippen molar-refractivity contribution in [2.24, 2.45) is 0 Å². The van der Waals surface area contributed by atoms with Crippen LogP contribution in [0.4, 0.5) is 4.39 Å². The molecule has 0 saturated heterocycles. The Morgan fingerprint density at radius 3 is 2.71 bits per heavy atom. The minimum Gasteiger partial charge on any atom is -0.507 e. The molecule has 14 heavy (non-hydrogen) atoms. The van der Waals surface area contributed by atoms with Crippen molar-refractivity contribution in [2.45, 2.75) is 0 Å². The average molecular weight is 261 g/mol. The lowest BCUT2D eigenvalue weighted by Gasteiger charge is -2.00. The molecular formula is C9H6BrFO3. The van der Waals surface area contributed by atoms with E-state index in [0.717, 1.165) is 24.3 Å². The topological polar surface area (TPSA) is 57.5 Å². The fourth-order valence-corrected chi connectivity index (χ4v) is 1.18. The Morgan fingerprint density at radius 2 is 2.14 bits per heavy atom. The van der Waals surface area contributed by atoms with Gasteiger partial charge in [-0.1, -0.05) is 0 Å². The van der Waals surface area contributed by atoms with Gasteiger partial charge in [-0.15, -0.1) is 0 Å². The van der Waals surface area contributed by atoms with Gasteiger partial charge in [0.1, 0.15) is 11.6 Å². The van der Waals surface area contributed by atoms with E-state index in [1.54, 1.807) is 0 Å². The van der Waals surface area contributed by atoms with Crippen molar-refractivity contribution in [3.8, 4) is 5.75 Å². The number of aliphatic carboxylic acids is 1. The standard InChI is InChI=1S/C9H6BrFO3/c10-6-4-8(12)5(3-7(6)11)1-2-9(13)14/h1-4,12H,(H,13,14)/b2-1+. The Bertz CT molecular complexity index is 401. The second-order valence-electron chi connectivity index (χ2n) is 2.50. The number of carboxylic acid groups (broad SMARTS) is 1. The van der Waals surface area contributed by atoms with E-state index < -0.39 is 11.8 Å². The molecule has 0 aliphatic heterocycles. The summed E-state index contributed by atoms with van der Waals surface area (Å²) < 4.78 is 13.1. The number of hydrogen-bond donors (Lipinski definition) is 2. The minimum absolute atomic E-state index is 0.119. The highest BCUT2D eigenvalue weighted by atomic mass is 79.9. The first kappa shape index (κ1) is 10.7. The van der Waals surface area contributed by atoms with Crippen LogP contribution in [0.15, 0.2) is 22.7 Å². The van der Waals surface area contributed by atoms with Gasteiger partial charge in [-0.05, 0) is 34.1 Å². The average Bonchev–Trinajstić information content (AvgIpc) is 2.09. The van der Waals surface area contributed by atoms with E-state index in [1.807, 2.05) is 0 Å². The quantitative estimate of drug-likeness (QED) is 0.803. The fourth-order valence-electron chi connectivity index (χ4n) is 0.846. The normalized spacial score (nSPS) is 10.7. The van der Waals surface area contributed by atoms with Gasteiger partial charge in [-0.25, -0.2) is 9.18 Å². The van der Waals surface area contributed by atoms with Crippen molar-refractivity contribution in [3.05, 3.63) is 34.1 Å². The molecule has 74 valence electrons. The molecule has 0 heterocycles. The highest BCUT2D eigenvalue weighted by Gasteiger charge is 2.05. The predicted molar refractivity (Wildman–Crippen MR) is 52.4 cm³/mol. The molecule has 0 amide bonds. The molecule has 5 heteroatoms. The first-order valence-corrected chi connectivity index (χ1v) is 4.39. The zero-order valence-electron chi connectivity index (χ0n) is 6.87. The van der Waals surface area contributed by atoms with E-state index in [0.29, 0.717) is 0 Å². The molecule has 1 aromatic rings. The number of aromatic hydroxyl groups is 1. The van der Waals surface area contributed by atoms with Crippen LogP contribution >= 0.6 is 15.9 Å². The van der Waals surface area contributed by atoms with Gasteiger partial charge in [-0.3, -0.25) is 0 Å².